The zero-order chi connectivity index (χ0) is 27.0. The smallest absolute Gasteiger partial charge is 0.303 e. The van der Waals surface area contributed by atoms with Crippen molar-refractivity contribution in [2.24, 2.45) is 5.92 Å². The Balaban J connectivity index is 1.44. The van der Waals surface area contributed by atoms with Crippen molar-refractivity contribution in [2.45, 2.75) is 68.6 Å². The van der Waals surface area contributed by atoms with Crippen LogP contribution in [0.2, 0.25) is 0 Å². The number of carboxylic acid groups (broad SMARTS) is 1. The summed E-state index contributed by atoms with van der Waals surface area (Å²) in [5.74, 6) is -1.14. The van der Waals surface area contributed by atoms with Crippen LogP contribution < -0.4 is 0 Å². The number of sulfone groups is 1. The molecule has 6 heteroatoms. The van der Waals surface area contributed by atoms with Crippen LogP contribution in [-0.4, -0.2) is 31.0 Å². The third-order valence-corrected chi connectivity index (χ3v) is 9.31. The van der Waals surface area contributed by atoms with Crippen molar-refractivity contribution in [2.75, 3.05) is 5.75 Å². The quantitative estimate of drug-likeness (QED) is 0.273. The lowest BCUT2D eigenvalue weighted by Gasteiger charge is -2.16. The van der Waals surface area contributed by atoms with Gasteiger partial charge in [-0.3, -0.25) is 9.59 Å². The summed E-state index contributed by atoms with van der Waals surface area (Å²) in [7, 11) is -3.70. The summed E-state index contributed by atoms with van der Waals surface area (Å²) in [6, 6.07) is 23.5. The molecular weight excluding hydrogens is 496 g/mol. The zero-order valence-corrected chi connectivity index (χ0v) is 22.5. The third kappa shape index (κ3) is 7.87. The van der Waals surface area contributed by atoms with Crippen molar-refractivity contribution in [1.82, 2.24) is 0 Å². The van der Waals surface area contributed by atoms with E-state index in [2.05, 4.69) is 0 Å². The van der Waals surface area contributed by atoms with E-state index >= 15 is 0 Å². The van der Waals surface area contributed by atoms with Gasteiger partial charge >= 0.3 is 5.97 Å². The van der Waals surface area contributed by atoms with Crippen LogP contribution in [0.3, 0.4) is 0 Å². The Morgan fingerprint density at radius 2 is 1.50 bits per heavy atom. The predicted octanol–water partition coefficient (Wildman–Crippen LogP) is 6.86. The first-order valence-electron chi connectivity index (χ1n) is 13.5. The molecule has 0 saturated heterocycles. The minimum absolute atomic E-state index is 0.169. The summed E-state index contributed by atoms with van der Waals surface area (Å²) in [6.07, 6.45) is 8.15. The predicted molar refractivity (Wildman–Crippen MR) is 150 cm³/mol. The Hall–Kier alpha value is -3.25. The molecule has 1 aliphatic rings. The second-order valence-electron chi connectivity index (χ2n) is 10.5. The van der Waals surface area contributed by atoms with Gasteiger partial charge in [-0.05, 0) is 40.3 Å². The molecule has 1 atom stereocenters. The van der Waals surface area contributed by atoms with Crippen LogP contribution in [0.15, 0.2) is 83.8 Å². The van der Waals surface area contributed by atoms with Gasteiger partial charge in [-0.1, -0.05) is 105 Å². The number of carbonyl (C=O) groups excluding carboxylic acids is 1. The fourth-order valence-corrected chi connectivity index (χ4v) is 7.06. The lowest BCUT2D eigenvalue weighted by molar-refractivity contribution is -0.137. The molecule has 200 valence electrons. The van der Waals surface area contributed by atoms with Crippen LogP contribution in [0.25, 0.3) is 11.1 Å². The number of aliphatic carboxylic acids is 1. The third-order valence-electron chi connectivity index (χ3n) is 7.48. The summed E-state index contributed by atoms with van der Waals surface area (Å²) in [6.45, 7) is 0. The molecule has 0 aromatic heterocycles. The molecule has 38 heavy (non-hydrogen) atoms. The van der Waals surface area contributed by atoms with Crippen LogP contribution in [0, 0.1) is 5.92 Å². The highest BCUT2D eigenvalue weighted by atomic mass is 32.2. The summed E-state index contributed by atoms with van der Waals surface area (Å²) < 4.78 is 26.4. The minimum atomic E-state index is -3.70. The topological polar surface area (TPSA) is 88.5 Å². The van der Waals surface area contributed by atoms with Crippen molar-refractivity contribution in [3.05, 3.63) is 90.0 Å². The monoisotopic (exact) mass is 532 g/mol. The first-order valence-corrected chi connectivity index (χ1v) is 15.2. The van der Waals surface area contributed by atoms with E-state index in [1.54, 1.807) is 48.5 Å². The van der Waals surface area contributed by atoms with Gasteiger partial charge in [0.05, 0.1) is 17.1 Å². The molecule has 3 aromatic rings. The first-order chi connectivity index (χ1) is 18.3. The molecule has 5 nitrogen and oxygen atoms in total. The zero-order valence-electron chi connectivity index (χ0n) is 21.7. The average Bonchev–Trinajstić information content (AvgIpc) is 3.17. The summed E-state index contributed by atoms with van der Waals surface area (Å²) in [5, 5.41) is 9.33. The van der Waals surface area contributed by atoms with E-state index in [0.717, 1.165) is 29.5 Å². The van der Waals surface area contributed by atoms with Crippen molar-refractivity contribution < 1.29 is 23.1 Å². The highest BCUT2D eigenvalue weighted by Gasteiger charge is 2.25. The SMILES string of the molecule is O=C(O)CC(CS(=O)(=O)c1ccc(-c2cccc(CC(=O)CC3CCCCCC3)c2)cc1)c1ccccc1. The second kappa shape index (κ2) is 13.0. The second-order valence-corrected chi connectivity index (χ2v) is 12.5. The van der Waals surface area contributed by atoms with Crippen molar-refractivity contribution in [3.63, 3.8) is 0 Å². The Morgan fingerprint density at radius 3 is 2.16 bits per heavy atom. The number of Topliss-reactive ketones (excluding diaryl/α,β-unsaturated/α-hetero) is 1. The normalized spacial score (nSPS) is 15.5. The minimum Gasteiger partial charge on any atom is -0.481 e. The van der Waals surface area contributed by atoms with E-state index in [0.29, 0.717) is 24.3 Å². The number of carbonyl (C=O) groups is 2. The van der Waals surface area contributed by atoms with Crippen LogP contribution in [-0.2, 0) is 25.8 Å². The standard InChI is InChI=1S/C32H36O5S/c33-30(20-24-9-4-1-2-5-10-24)21-25-11-8-14-28(19-25)27-15-17-31(18-16-27)38(36,37)23-29(22-32(34)35)26-12-6-3-7-13-26/h3,6-8,11-19,24,29H,1-2,4-5,9-10,20-23H2,(H,34,35). The van der Waals surface area contributed by atoms with E-state index < -0.39 is 21.7 Å². The first kappa shape index (κ1) is 27.8. The fraction of sp³-hybridized carbons (Fsp3) is 0.375. The maximum atomic E-state index is 13.2. The van der Waals surface area contributed by atoms with Crippen molar-refractivity contribution in [1.29, 1.82) is 0 Å². The number of benzene rings is 3. The highest BCUT2D eigenvalue weighted by Crippen LogP contribution is 2.29. The van der Waals surface area contributed by atoms with E-state index in [9.17, 15) is 23.1 Å². The lowest BCUT2D eigenvalue weighted by atomic mass is 9.92. The molecule has 3 aromatic carbocycles. The van der Waals surface area contributed by atoms with Crippen LogP contribution in [0.5, 0.6) is 0 Å². The van der Waals surface area contributed by atoms with Gasteiger partial charge in [0.2, 0.25) is 0 Å². The number of rotatable bonds is 11. The van der Waals surface area contributed by atoms with Gasteiger partial charge in [0.25, 0.3) is 0 Å². The molecule has 0 radical (unpaired) electrons. The summed E-state index contributed by atoms with van der Waals surface area (Å²) in [5.41, 5.74) is 3.46. The van der Waals surface area contributed by atoms with Crippen LogP contribution >= 0.6 is 0 Å². The van der Waals surface area contributed by atoms with Gasteiger partial charge < -0.3 is 5.11 Å². The Bertz CT molecular complexity index is 1320. The molecule has 1 saturated carbocycles. The molecule has 1 unspecified atom stereocenters. The molecule has 1 N–H and O–H groups in total. The summed E-state index contributed by atoms with van der Waals surface area (Å²) >= 11 is 0. The summed E-state index contributed by atoms with van der Waals surface area (Å²) in [4.78, 5) is 24.3. The molecular formula is C32H36O5S. The maximum absolute atomic E-state index is 13.2. The average molecular weight is 533 g/mol. The molecule has 0 aliphatic heterocycles. The molecule has 1 aliphatic carbocycles. The Morgan fingerprint density at radius 1 is 0.816 bits per heavy atom. The fourth-order valence-electron chi connectivity index (χ4n) is 5.48. The molecule has 0 spiro atoms. The van der Waals surface area contributed by atoms with Gasteiger partial charge in [-0.2, -0.15) is 0 Å². The Labute approximate surface area is 225 Å². The van der Waals surface area contributed by atoms with E-state index in [-0.39, 0.29) is 22.9 Å². The molecule has 1 fully saturated rings. The number of hydrogen-bond donors (Lipinski definition) is 1. The number of ketones is 1. The van der Waals surface area contributed by atoms with Crippen LogP contribution in [0.1, 0.15) is 68.4 Å². The van der Waals surface area contributed by atoms with Gasteiger partial charge in [0.1, 0.15) is 5.78 Å². The van der Waals surface area contributed by atoms with Gasteiger partial charge in [-0.25, -0.2) is 8.42 Å². The Kier molecular flexibility index (Phi) is 9.51. The van der Waals surface area contributed by atoms with E-state index in [1.165, 1.54) is 25.7 Å². The number of hydrogen-bond acceptors (Lipinski definition) is 4. The molecule has 0 heterocycles. The van der Waals surface area contributed by atoms with Crippen LogP contribution in [0.4, 0.5) is 0 Å². The lowest BCUT2D eigenvalue weighted by Crippen LogP contribution is -2.18. The molecule has 4 rings (SSSR count). The molecule has 0 bridgehead atoms. The van der Waals surface area contributed by atoms with Gasteiger partial charge in [-0.15, -0.1) is 0 Å². The van der Waals surface area contributed by atoms with Crippen molar-refractivity contribution in [3.8, 4) is 11.1 Å². The number of carboxylic acids is 1. The van der Waals surface area contributed by atoms with Gasteiger partial charge in [0.15, 0.2) is 9.84 Å². The largest absolute Gasteiger partial charge is 0.481 e. The maximum Gasteiger partial charge on any atom is 0.303 e. The van der Waals surface area contributed by atoms with Gasteiger partial charge in [0, 0.05) is 18.8 Å². The highest BCUT2D eigenvalue weighted by molar-refractivity contribution is 7.91. The van der Waals surface area contributed by atoms with Crippen molar-refractivity contribution >= 4 is 21.6 Å². The van der Waals surface area contributed by atoms with E-state index in [1.807, 2.05) is 30.3 Å². The molecule has 0 amide bonds. The van der Waals surface area contributed by atoms with E-state index in [4.69, 9.17) is 0 Å².